The van der Waals surface area contributed by atoms with Gasteiger partial charge in [-0.3, -0.25) is 0 Å². The van der Waals surface area contributed by atoms with Crippen molar-refractivity contribution in [2.45, 2.75) is 46.0 Å². The normalized spacial score (nSPS) is 10.9. The van der Waals surface area contributed by atoms with Gasteiger partial charge in [0, 0.05) is 0 Å². The Kier molecular flexibility index (Phi) is 5.38. The molecule has 0 unspecified atom stereocenters. The summed E-state index contributed by atoms with van der Waals surface area (Å²) in [5, 5.41) is 0. The average Bonchev–Trinajstić information content (AvgIpc) is 2.56. The van der Waals surface area contributed by atoms with Crippen molar-refractivity contribution in [2.24, 2.45) is 0 Å². The highest BCUT2D eigenvalue weighted by Gasteiger charge is 2.08. The zero-order chi connectivity index (χ0) is 15.2. The summed E-state index contributed by atoms with van der Waals surface area (Å²) in [6.07, 6.45) is 3.47. The lowest BCUT2D eigenvalue weighted by Gasteiger charge is -2.14. The Bertz CT molecular complexity index is 586. The summed E-state index contributed by atoms with van der Waals surface area (Å²) in [7, 11) is 0. The van der Waals surface area contributed by atoms with Crippen molar-refractivity contribution < 1.29 is 0 Å². The van der Waals surface area contributed by atoms with Gasteiger partial charge in [-0.05, 0) is 53.0 Å². The molecule has 0 radical (unpaired) electrons. The molecule has 0 bridgehead atoms. The Hall–Kier alpha value is -1.82. The molecule has 2 aromatic carbocycles. The van der Waals surface area contributed by atoms with Crippen LogP contribution >= 0.6 is 0 Å². The first-order valence-corrected chi connectivity index (χ1v) is 8.08. The highest BCUT2D eigenvalue weighted by atomic mass is 14.1. The number of benzene rings is 2. The van der Waals surface area contributed by atoms with Crippen LogP contribution in [0.2, 0.25) is 0 Å². The van der Waals surface area contributed by atoms with E-state index in [0.29, 0.717) is 5.92 Å². The largest absolute Gasteiger partial charge is 0.0906 e. The van der Waals surface area contributed by atoms with Gasteiger partial charge in [0.1, 0.15) is 0 Å². The Morgan fingerprint density at radius 1 is 0.905 bits per heavy atom. The molecule has 0 heterocycles. The fourth-order valence-corrected chi connectivity index (χ4v) is 2.86. The maximum absolute atomic E-state index is 4.29. The van der Waals surface area contributed by atoms with E-state index in [1.165, 1.54) is 35.1 Å². The van der Waals surface area contributed by atoms with E-state index in [1.54, 1.807) is 0 Å². The highest BCUT2D eigenvalue weighted by Crippen LogP contribution is 2.27. The quantitative estimate of drug-likeness (QED) is 0.589. The summed E-state index contributed by atoms with van der Waals surface area (Å²) < 4.78 is 0. The van der Waals surface area contributed by atoms with Crippen LogP contribution in [0.25, 0.3) is 5.57 Å². The van der Waals surface area contributed by atoms with Crippen molar-refractivity contribution in [3.05, 3.63) is 77.4 Å². The van der Waals surface area contributed by atoms with Gasteiger partial charge in [-0.1, -0.05) is 75.9 Å². The zero-order valence-electron chi connectivity index (χ0n) is 13.5. The SMILES string of the molecule is C=C(c1ccc(C(CC)CC)cc1)c1cccc(CC)c1. The van der Waals surface area contributed by atoms with Crippen molar-refractivity contribution in [1.82, 2.24) is 0 Å². The smallest absolute Gasteiger partial charge is 0.0167 e. The topological polar surface area (TPSA) is 0 Å². The van der Waals surface area contributed by atoms with Gasteiger partial charge in [0.2, 0.25) is 0 Å². The number of rotatable bonds is 6. The fourth-order valence-electron chi connectivity index (χ4n) is 2.86. The molecule has 0 nitrogen and oxygen atoms in total. The third-order valence-electron chi connectivity index (χ3n) is 4.40. The molecule has 110 valence electrons. The summed E-state index contributed by atoms with van der Waals surface area (Å²) in [6.45, 7) is 11.0. The first kappa shape index (κ1) is 15.6. The van der Waals surface area contributed by atoms with Crippen LogP contribution < -0.4 is 0 Å². The maximum atomic E-state index is 4.29. The third kappa shape index (κ3) is 3.64. The summed E-state index contributed by atoms with van der Waals surface area (Å²) in [5.74, 6) is 0.677. The lowest BCUT2D eigenvalue weighted by atomic mass is 9.91. The number of hydrogen-bond donors (Lipinski definition) is 0. The molecule has 0 N–H and O–H groups in total. The van der Waals surface area contributed by atoms with Gasteiger partial charge in [0.05, 0.1) is 0 Å². The molecule has 2 aromatic rings. The second kappa shape index (κ2) is 7.26. The van der Waals surface area contributed by atoms with E-state index in [4.69, 9.17) is 0 Å². The van der Waals surface area contributed by atoms with Gasteiger partial charge in [0.25, 0.3) is 0 Å². The average molecular weight is 278 g/mol. The van der Waals surface area contributed by atoms with Crippen LogP contribution in [0, 0.1) is 0 Å². The van der Waals surface area contributed by atoms with Gasteiger partial charge in [0.15, 0.2) is 0 Å². The number of hydrogen-bond acceptors (Lipinski definition) is 0. The van der Waals surface area contributed by atoms with E-state index in [2.05, 4.69) is 75.9 Å². The maximum Gasteiger partial charge on any atom is -0.0167 e. The van der Waals surface area contributed by atoms with Crippen LogP contribution in [0.5, 0.6) is 0 Å². The predicted molar refractivity (Wildman–Crippen MR) is 93.7 cm³/mol. The molecule has 0 heteroatoms. The summed E-state index contributed by atoms with van der Waals surface area (Å²) in [4.78, 5) is 0. The standard InChI is InChI=1S/C21H26/c1-5-17-9-8-10-21(15-17)16(4)19-11-13-20(14-12-19)18(6-2)7-3/h8-15,18H,4-7H2,1-3H3. The second-order valence-corrected chi connectivity index (χ2v) is 5.67. The minimum atomic E-state index is 0.677. The Morgan fingerprint density at radius 3 is 2.14 bits per heavy atom. The van der Waals surface area contributed by atoms with Gasteiger partial charge >= 0.3 is 0 Å². The van der Waals surface area contributed by atoms with Crippen LogP contribution in [0.1, 0.15) is 61.8 Å². The lowest BCUT2D eigenvalue weighted by Crippen LogP contribution is -1.96. The third-order valence-corrected chi connectivity index (χ3v) is 4.40. The molecule has 0 aliphatic rings. The van der Waals surface area contributed by atoms with Gasteiger partial charge in [-0.15, -0.1) is 0 Å². The van der Waals surface area contributed by atoms with Crippen molar-refractivity contribution in [3.8, 4) is 0 Å². The zero-order valence-corrected chi connectivity index (χ0v) is 13.5. The Labute approximate surface area is 129 Å². The second-order valence-electron chi connectivity index (χ2n) is 5.67. The first-order valence-electron chi connectivity index (χ1n) is 8.08. The predicted octanol–water partition coefficient (Wildman–Crippen LogP) is 6.21. The minimum absolute atomic E-state index is 0.677. The molecular weight excluding hydrogens is 252 g/mol. The van der Waals surface area contributed by atoms with Crippen LogP contribution in [0.4, 0.5) is 0 Å². The molecule has 0 atom stereocenters. The Balaban J connectivity index is 2.23. The molecule has 21 heavy (non-hydrogen) atoms. The minimum Gasteiger partial charge on any atom is -0.0906 e. The molecule has 0 saturated carbocycles. The molecule has 0 spiro atoms. The molecule has 0 amide bonds. The highest BCUT2D eigenvalue weighted by molar-refractivity contribution is 5.78. The summed E-state index contributed by atoms with van der Waals surface area (Å²) in [5.41, 5.74) is 6.37. The number of aryl methyl sites for hydroxylation is 1. The van der Waals surface area contributed by atoms with E-state index in [1.807, 2.05) is 0 Å². The first-order chi connectivity index (χ1) is 10.2. The van der Waals surface area contributed by atoms with Crippen molar-refractivity contribution in [3.63, 3.8) is 0 Å². The van der Waals surface area contributed by atoms with Crippen LogP contribution in [-0.4, -0.2) is 0 Å². The van der Waals surface area contributed by atoms with Crippen LogP contribution in [0.15, 0.2) is 55.1 Å². The van der Waals surface area contributed by atoms with Crippen molar-refractivity contribution >= 4 is 5.57 Å². The van der Waals surface area contributed by atoms with Crippen LogP contribution in [0.3, 0.4) is 0 Å². The van der Waals surface area contributed by atoms with Gasteiger partial charge in [-0.25, -0.2) is 0 Å². The molecular formula is C21H26. The van der Waals surface area contributed by atoms with E-state index < -0.39 is 0 Å². The molecule has 0 aliphatic heterocycles. The monoisotopic (exact) mass is 278 g/mol. The summed E-state index contributed by atoms with van der Waals surface area (Å²) in [6, 6.07) is 17.7. The fraction of sp³-hybridized carbons (Fsp3) is 0.333. The molecule has 0 fully saturated rings. The molecule has 0 aromatic heterocycles. The molecule has 2 rings (SSSR count). The van der Waals surface area contributed by atoms with E-state index in [9.17, 15) is 0 Å². The van der Waals surface area contributed by atoms with Gasteiger partial charge in [-0.2, -0.15) is 0 Å². The Morgan fingerprint density at radius 2 is 1.57 bits per heavy atom. The summed E-state index contributed by atoms with van der Waals surface area (Å²) >= 11 is 0. The lowest BCUT2D eigenvalue weighted by molar-refractivity contribution is 0.642. The van der Waals surface area contributed by atoms with Gasteiger partial charge < -0.3 is 0 Å². The van der Waals surface area contributed by atoms with Crippen molar-refractivity contribution in [1.29, 1.82) is 0 Å². The molecule has 0 aliphatic carbocycles. The van der Waals surface area contributed by atoms with Crippen molar-refractivity contribution in [2.75, 3.05) is 0 Å². The van der Waals surface area contributed by atoms with E-state index in [-0.39, 0.29) is 0 Å². The molecule has 0 saturated heterocycles. The van der Waals surface area contributed by atoms with E-state index in [0.717, 1.165) is 12.0 Å². The van der Waals surface area contributed by atoms with E-state index >= 15 is 0 Å². The van der Waals surface area contributed by atoms with Crippen LogP contribution in [-0.2, 0) is 6.42 Å².